The van der Waals surface area contributed by atoms with Gasteiger partial charge in [-0.1, -0.05) is 18.7 Å². The Morgan fingerprint density at radius 1 is 1.36 bits per heavy atom. The highest BCUT2D eigenvalue weighted by molar-refractivity contribution is 7.12. The van der Waals surface area contributed by atoms with Crippen LogP contribution in [-0.2, 0) is 9.53 Å². The quantitative estimate of drug-likeness (QED) is 0.445. The monoisotopic (exact) mass is 355 g/mol. The smallest absolute Gasteiger partial charge is 0.363 e. The highest BCUT2D eigenvalue weighted by atomic mass is 32.1. The molecule has 1 aromatic heterocycles. The van der Waals surface area contributed by atoms with Gasteiger partial charge >= 0.3 is 5.97 Å². The number of cyclic esters (lactones) is 1. The van der Waals surface area contributed by atoms with Crippen molar-refractivity contribution in [3.8, 4) is 11.5 Å². The average molecular weight is 355 g/mol. The maximum Gasteiger partial charge on any atom is 0.363 e. The van der Waals surface area contributed by atoms with E-state index in [2.05, 4.69) is 11.6 Å². The molecule has 0 bridgehead atoms. The van der Waals surface area contributed by atoms with Crippen LogP contribution in [0.25, 0.3) is 6.08 Å². The van der Waals surface area contributed by atoms with Crippen LogP contribution in [0.5, 0.6) is 11.5 Å². The molecule has 1 aliphatic rings. The summed E-state index contributed by atoms with van der Waals surface area (Å²) < 4.78 is 16.2. The summed E-state index contributed by atoms with van der Waals surface area (Å²) in [6.45, 7) is 6.09. The summed E-state index contributed by atoms with van der Waals surface area (Å²) in [6, 6.07) is 9.14. The van der Waals surface area contributed by atoms with Gasteiger partial charge in [0, 0.05) is 0 Å². The summed E-state index contributed by atoms with van der Waals surface area (Å²) in [6.07, 6.45) is 1.66. The molecule has 1 aromatic carbocycles. The average Bonchev–Trinajstić information content (AvgIpc) is 3.23. The number of hydrogen-bond donors (Lipinski definition) is 0. The summed E-state index contributed by atoms with van der Waals surface area (Å²) in [4.78, 5) is 17.1. The van der Waals surface area contributed by atoms with Gasteiger partial charge in [0.25, 0.3) is 0 Å². The Morgan fingerprint density at radius 3 is 2.88 bits per heavy atom. The van der Waals surface area contributed by atoms with E-state index in [1.54, 1.807) is 25.3 Å². The van der Waals surface area contributed by atoms with E-state index in [1.165, 1.54) is 11.3 Å². The van der Waals surface area contributed by atoms with Gasteiger partial charge in [0.2, 0.25) is 5.90 Å². The number of esters is 1. The van der Waals surface area contributed by atoms with Crippen LogP contribution in [0.2, 0.25) is 0 Å². The highest BCUT2D eigenvalue weighted by Crippen LogP contribution is 2.30. The number of carbonyl (C=O) groups is 1. The first-order chi connectivity index (χ1) is 12.1. The minimum Gasteiger partial charge on any atom is -0.493 e. The minimum absolute atomic E-state index is 0.249. The largest absolute Gasteiger partial charge is 0.493 e. The van der Waals surface area contributed by atoms with E-state index in [1.807, 2.05) is 30.5 Å². The van der Waals surface area contributed by atoms with Crippen molar-refractivity contribution < 1.29 is 19.0 Å². The highest BCUT2D eigenvalue weighted by Gasteiger charge is 2.24. The van der Waals surface area contributed by atoms with Gasteiger partial charge in [-0.3, -0.25) is 0 Å². The van der Waals surface area contributed by atoms with Crippen LogP contribution in [0.15, 0.2) is 58.6 Å². The van der Waals surface area contributed by atoms with Gasteiger partial charge in [0.1, 0.15) is 6.61 Å². The first kappa shape index (κ1) is 17.0. The summed E-state index contributed by atoms with van der Waals surface area (Å²) in [5, 5.41) is 1.90. The third-order valence-electron chi connectivity index (χ3n) is 3.32. The molecule has 2 aromatic rings. The van der Waals surface area contributed by atoms with Crippen molar-refractivity contribution in [2.75, 3.05) is 13.7 Å². The molecule has 0 radical (unpaired) electrons. The van der Waals surface area contributed by atoms with Gasteiger partial charge in [-0.25, -0.2) is 9.79 Å². The second kappa shape index (κ2) is 7.36. The Morgan fingerprint density at radius 2 is 2.20 bits per heavy atom. The third-order valence-corrected chi connectivity index (χ3v) is 4.18. The summed E-state index contributed by atoms with van der Waals surface area (Å²) >= 11 is 1.47. The predicted molar refractivity (Wildman–Crippen MR) is 98.2 cm³/mol. The van der Waals surface area contributed by atoms with Crippen LogP contribution in [0, 0.1) is 0 Å². The summed E-state index contributed by atoms with van der Waals surface area (Å²) in [5.41, 5.74) is 1.91. The lowest BCUT2D eigenvalue weighted by Gasteiger charge is -2.11. The Balaban J connectivity index is 1.88. The van der Waals surface area contributed by atoms with Gasteiger partial charge in [-0.05, 0) is 47.7 Å². The number of benzene rings is 1. The van der Waals surface area contributed by atoms with E-state index in [9.17, 15) is 4.79 Å². The van der Waals surface area contributed by atoms with Crippen LogP contribution in [0.4, 0.5) is 0 Å². The molecule has 0 amide bonds. The van der Waals surface area contributed by atoms with E-state index in [0.717, 1.165) is 16.0 Å². The molecule has 0 fully saturated rings. The van der Waals surface area contributed by atoms with E-state index in [4.69, 9.17) is 14.2 Å². The molecular weight excluding hydrogens is 338 g/mol. The fourth-order valence-electron chi connectivity index (χ4n) is 2.17. The van der Waals surface area contributed by atoms with Crippen molar-refractivity contribution in [3.63, 3.8) is 0 Å². The number of carbonyl (C=O) groups excluding carboxylic acids is 1. The first-order valence-electron chi connectivity index (χ1n) is 7.58. The predicted octanol–water partition coefficient (Wildman–Crippen LogP) is 4.06. The molecule has 5 nitrogen and oxygen atoms in total. The minimum atomic E-state index is -0.469. The first-order valence-corrected chi connectivity index (χ1v) is 8.46. The Bertz CT molecular complexity index is 866. The van der Waals surface area contributed by atoms with E-state index >= 15 is 0 Å². The van der Waals surface area contributed by atoms with Crippen LogP contribution in [0.3, 0.4) is 0 Å². The zero-order chi connectivity index (χ0) is 17.8. The normalized spacial score (nSPS) is 15.0. The number of thiophene rings is 1. The van der Waals surface area contributed by atoms with Gasteiger partial charge in [0.15, 0.2) is 17.2 Å². The van der Waals surface area contributed by atoms with Gasteiger partial charge in [0.05, 0.1) is 12.0 Å². The molecular formula is C19H17NO4S. The van der Waals surface area contributed by atoms with E-state index in [0.29, 0.717) is 24.0 Å². The molecule has 0 aliphatic carbocycles. The number of rotatable bonds is 6. The summed E-state index contributed by atoms with van der Waals surface area (Å²) in [7, 11) is 1.58. The zero-order valence-electron chi connectivity index (χ0n) is 13.9. The summed E-state index contributed by atoms with van der Waals surface area (Å²) in [5.74, 6) is 1.05. The number of nitrogens with zero attached hydrogens (tertiary/aromatic N) is 1. The van der Waals surface area contributed by atoms with E-state index < -0.39 is 5.97 Å². The molecule has 0 saturated heterocycles. The van der Waals surface area contributed by atoms with Crippen molar-refractivity contribution in [2.24, 2.45) is 4.99 Å². The molecule has 0 saturated carbocycles. The second-order valence-corrected chi connectivity index (χ2v) is 6.42. The van der Waals surface area contributed by atoms with Crippen molar-refractivity contribution in [3.05, 3.63) is 64.0 Å². The van der Waals surface area contributed by atoms with Gasteiger partial charge in [-0.15, -0.1) is 11.3 Å². The SMILES string of the molecule is C=C(C)COc1cc(/C=C2/N=C(c3cccs3)OC2=O)ccc1OC. The fourth-order valence-corrected chi connectivity index (χ4v) is 2.82. The Kier molecular flexibility index (Phi) is 5.00. The molecule has 0 spiro atoms. The third kappa shape index (κ3) is 3.97. The van der Waals surface area contributed by atoms with Crippen molar-refractivity contribution >= 4 is 29.3 Å². The number of ether oxygens (including phenoxy) is 3. The van der Waals surface area contributed by atoms with Gasteiger partial charge in [-0.2, -0.15) is 0 Å². The molecule has 0 unspecified atom stereocenters. The Labute approximate surface area is 149 Å². The molecule has 3 rings (SSSR count). The molecule has 0 N–H and O–H groups in total. The van der Waals surface area contributed by atoms with Crippen LogP contribution < -0.4 is 9.47 Å². The molecule has 1 aliphatic heterocycles. The van der Waals surface area contributed by atoms with Crippen LogP contribution in [-0.4, -0.2) is 25.6 Å². The lowest BCUT2D eigenvalue weighted by molar-refractivity contribution is -0.129. The maximum atomic E-state index is 12.0. The van der Waals surface area contributed by atoms with Crippen LogP contribution in [0.1, 0.15) is 17.4 Å². The zero-order valence-corrected chi connectivity index (χ0v) is 14.8. The van der Waals surface area contributed by atoms with Gasteiger partial charge < -0.3 is 14.2 Å². The number of aliphatic imine (C=N–C) groups is 1. The van der Waals surface area contributed by atoms with Crippen molar-refractivity contribution in [1.29, 1.82) is 0 Å². The van der Waals surface area contributed by atoms with E-state index in [-0.39, 0.29) is 5.70 Å². The second-order valence-electron chi connectivity index (χ2n) is 5.47. The topological polar surface area (TPSA) is 57.1 Å². The lowest BCUT2D eigenvalue weighted by atomic mass is 10.1. The number of methoxy groups -OCH3 is 1. The maximum absolute atomic E-state index is 12.0. The lowest BCUT2D eigenvalue weighted by Crippen LogP contribution is -2.03. The molecule has 25 heavy (non-hydrogen) atoms. The van der Waals surface area contributed by atoms with Crippen LogP contribution >= 0.6 is 11.3 Å². The molecule has 6 heteroatoms. The Hall–Kier alpha value is -2.86. The molecule has 128 valence electrons. The molecule has 2 heterocycles. The standard InChI is InChI=1S/C19H17NO4S/c1-12(2)11-23-16-10-13(6-7-15(16)22-3)9-14-19(21)24-18(20-14)17-5-4-8-25-17/h4-10H,1,11H2,2-3H3/b14-9+. The number of hydrogen-bond acceptors (Lipinski definition) is 6. The van der Waals surface area contributed by atoms with Crippen molar-refractivity contribution in [1.82, 2.24) is 0 Å². The molecule has 0 atom stereocenters. The van der Waals surface area contributed by atoms with Crippen molar-refractivity contribution in [2.45, 2.75) is 6.92 Å². The fraction of sp³-hybridized carbons (Fsp3) is 0.158.